The molecule has 3 rings (SSSR count). The van der Waals surface area contributed by atoms with Gasteiger partial charge >= 0.3 is 11.9 Å². The summed E-state index contributed by atoms with van der Waals surface area (Å²) in [4.78, 5) is 26.9. The summed E-state index contributed by atoms with van der Waals surface area (Å²) >= 11 is 6.21. The molecule has 9 heteroatoms. The number of hydrogen-bond acceptors (Lipinski definition) is 7. The second kappa shape index (κ2) is 8.90. The average Bonchev–Trinajstić information content (AvgIpc) is 2.78. The molecule has 2 N–H and O–H groups in total. The van der Waals surface area contributed by atoms with Crippen molar-refractivity contribution in [1.82, 2.24) is 0 Å². The molecule has 0 saturated heterocycles. The van der Waals surface area contributed by atoms with Crippen molar-refractivity contribution in [3.8, 4) is 6.07 Å². The third kappa shape index (κ3) is 3.83. The number of esters is 2. The summed E-state index contributed by atoms with van der Waals surface area (Å²) in [7, 11) is 2.28. The zero-order valence-electron chi connectivity index (χ0n) is 16.6. The molecule has 0 fully saturated rings. The molecule has 1 aliphatic heterocycles. The first kappa shape index (κ1) is 21.9. The molecule has 0 saturated carbocycles. The highest BCUT2D eigenvalue weighted by molar-refractivity contribution is 6.33. The van der Waals surface area contributed by atoms with Crippen LogP contribution in [0.2, 0.25) is 5.02 Å². The van der Waals surface area contributed by atoms with E-state index in [0.29, 0.717) is 5.56 Å². The van der Waals surface area contributed by atoms with Gasteiger partial charge in [0, 0.05) is 0 Å². The van der Waals surface area contributed by atoms with Crippen molar-refractivity contribution in [2.24, 2.45) is 5.73 Å². The molecule has 0 bridgehead atoms. The summed E-state index contributed by atoms with van der Waals surface area (Å²) < 4.78 is 23.5. The molecule has 0 spiro atoms. The van der Waals surface area contributed by atoms with E-state index in [9.17, 15) is 19.2 Å². The molecule has 1 aliphatic rings. The Bertz CT molecular complexity index is 1160. The number of benzene rings is 2. The molecule has 1 atom stereocenters. The van der Waals surface area contributed by atoms with Crippen LogP contribution in [0.4, 0.5) is 10.1 Å². The van der Waals surface area contributed by atoms with Gasteiger partial charge in [0.25, 0.3) is 0 Å². The number of carbonyl (C=O) groups is 2. The third-order valence-electron chi connectivity index (χ3n) is 4.76. The van der Waals surface area contributed by atoms with Crippen molar-refractivity contribution in [2.75, 3.05) is 19.1 Å². The van der Waals surface area contributed by atoms with Crippen LogP contribution in [-0.2, 0) is 19.1 Å². The van der Waals surface area contributed by atoms with Gasteiger partial charge in [-0.15, -0.1) is 0 Å². The van der Waals surface area contributed by atoms with Crippen LogP contribution in [0.5, 0.6) is 0 Å². The summed E-state index contributed by atoms with van der Waals surface area (Å²) in [6.45, 7) is 0. The van der Waals surface area contributed by atoms with E-state index in [1.165, 1.54) is 6.07 Å². The molecule has 1 heterocycles. The maximum Gasteiger partial charge on any atom is 0.355 e. The van der Waals surface area contributed by atoms with Gasteiger partial charge in [0.1, 0.15) is 17.3 Å². The minimum atomic E-state index is -0.997. The van der Waals surface area contributed by atoms with Crippen LogP contribution >= 0.6 is 11.6 Å². The molecule has 1 unspecified atom stereocenters. The topological polar surface area (TPSA) is 106 Å². The van der Waals surface area contributed by atoms with E-state index in [1.54, 1.807) is 30.3 Å². The number of rotatable bonds is 4. The fraction of sp³-hybridized carbons (Fsp3) is 0.136. The Labute approximate surface area is 182 Å². The lowest BCUT2D eigenvalue weighted by Crippen LogP contribution is -2.40. The molecule has 0 aromatic heterocycles. The van der Waals surface area contributed by atoms with Crippen LogP contribution < -0.4 is 10.6 Å². The van der Waals surface area contributed by atoms with Crippen LogP contribution in [0.1, 0.15) is 11.5 Å². The van der Waals surface area contributed by atoms with E-state index in [0.717, 1.165) is 31.3 Å². The lowest BCUT2D eigenvalue weighted by molar-refractivity contribution is -0.139. The predicted molar refractivity (Wildman–Crippen MR) is 111 cm³/mol. The number of nitrogens with two attached hydrogens (primary N) is 1. The Morgan fingerprint density at radius 1 is 1.13 bits per heavy atom. The van der Waals surface area contributed by atoms with Gasteiger partial charge in [-0.3, -0.25) is 4.90 Å². The zero-order chi connectivity index (χ0) is 22.7. The van der Waals surface area contributed by atoms with E-state index in [4.69, 9.17) is 26.8 Å². The van der Waals surface area contributed by atoms with E-state index in [1.807, 2.05) is 6.07 Å². The summed E-state index contributed by atoms with van der Waals surface area (Å²) in [5, 5.41) is 9.83. The van der Waals surface area contributed by atoms with E-state index >= 15 is 0 Å². The van der Waals surface area contributed by atoms with Gasteiger partial charge in [0.15, 0.2) is 0 Å². The largest absolute Gasteiger partial charge is 0.466 e. The highest BCUT2D eigenvalue weighted by atomic mass is 35.5. The van der Waals surface area contributed by atoms with Gasteiger partial charge in [-0.05, 0) is 23.8 Å². The Balaban J connectivity index is 2.43. The number of anilines is 1. The van der Waals surface area contributed by atoms with Gasteiger partial charge in [-0.1, -0.05) is 41.9 Å². The van der Waals surface area contributed by atoms with Gasteiger partial charge in [-0.25, -0.2) is 14.0 Å². The second-order valence-electron chi connectivity index (χ2n) is 6.43. The highest BCUT2D eigenvalue weighted by Crippen LogP contribution is 2.44. The quantitative estimate of drug-likeness (QED) is 0.725. The van der Waals surface area contributed by atoms with Crippen molar-refractivity contribution in [3.05, 3.63) is 87.6 Å². The Morgan fingerprint density at radius 3 is 2.32 bits per heavy atom. The molecular formula is C22H17ClFN3O4. The number of allylic oxidation sites excluding steroid dienone is 1. The van der Waals surface area contributed by atoms with Crippen LogP contribution in [0.25, 0.3) is 0 Å². The van der Waals surface area contributed by atoms with Gasteiger partial charge < -0.3 is 15.2 Å². The first-order chi connectivity index (χ1) is 14.8. The number of ether oxygens (including phenoxy) is 2. The van der Waals surface area contributed by atoms with Gasteiger partial charge in [0.05, 0.1) is 48.1 Å². The molecule has 158 valence electrons. The molecular weight excluding hydrogens is 425 g/mol. The summed E-state index contributed by atoms with van der Waals surface area (Å²) in [6.07, 6.45) is 0. The number of nitrogens with zero attached hydrogens (tertiary/aromatic N) is 2. The van der Waals surface area contributed by atoms with Crippen LogP contribution in [0, 0.1) is 17.1 Å². The molecule has 2 aromatic rings. The number of methoxy groups -OCH3 is 2. The highest BCUT2D eigenvalue weighted by Gasteiger charge is 2.43. The normalized spacial score (nSPS) is 16.1. The molecule has 0 amide bonds. The molecule has 0 radical (unpaired) electrons. The fourth-order valence-electron chi connectivity index (χ4n) is 3.43. The van der Waals surface area contributed by atoms with Crippen molar-refractivity contribution in [3.63, 3.8) is 0 Å². The third-order valence-corrected chi connectivity index (χ3v) is 5.06. The molecule has 7 nitrogen and oxygen atoms in total. The summed E-state index contributed by atoms with van der Waals surface area (Å²) in [5.41, 5.74) is 6.49. The Kier molecular flexibility index (Phi) is 6.28. The van der Waals surface area contributed by atoms with Gasteiger partial charge in [-0.2, -0.15) is 5.26 Å². The molecule has 2 aromatic carbocycles. The van der Waals surface area contributed by atoms with Crippen LogP contribution in [0.15, 0.2) is 71.2 Å². The number of halogens is 2. The summed E-state index contributed by atoms with van der Waals surface area (Å²) in [5.74, 6) is -3.55. The standard InChI is InChI=1S/C22H17ClFN3O4/c1-30-21(28)18-17(12-6-4-3-5-7-12)14(11-25)20(26)27(19(18)22(29)31-2)16-9-8-13(24)10-15(16)23/h3-10,17H,26H2,1-2H3. The Hall–Kier alpha value is -3.83. The minimum absolute atomic E-state index is 0.0142. The van der Waals surface area contributed by atoms with Crippen molar-refractivity contribution in [1.29, 1.82) is 5.26 Å². The number of carbonyl (C=O) groups excluding carboxylic acids is 2. The van der Waals surface area contributed by atoms with Crippen molar-refractivity contribution >= 4 is 29.2 Å². The number of hydrogen-bond donors (Lipinski definition) is 1. The minimum Gasteiger partial charge on any atom is -0.466 e. The number of nitriles is 1. The van der Waals surface area contributed by atoms with Gasteiger partial charge in [0.2, 0.25) is 0 Å². The fourth-order valence-corrected chi connectivity index (χ4v) is 3.68. The lowest BCUT2D eigenvalue weighted by atomic mass is 9.81. The molecule has 0 aliphatic carbocycles. The van der Waals surface area contributed by atoms with Crippen LogP contribution in [0.3, 0.4) is 0 Å². The smallest absolute Gasteiger partial charge is 0.355 e. The van der Waals surface area contributed by atoms with Crippen LogP contribution in [-0.4, -0.2) is 26.2 Å². The maximum atomic E-state index is 13.6. The van der Waals surface area contributed by atoms with E-state index in [-0.39, 0.29) is 33.4 Å². The monoisotopic (exact) mass is 441 g/mol. The predicted octanol–water partition coefficient (Wildman–Crippen LogP) is 3.38. The SMILES string of the molecule is COC(=O)C1=C(C(=O)OC)N(c2ccc(F)cc2Cl)C(N)=C(C#N)C1c1ccccc1. The average molecular weight is 442 g/mol. The second-order valence-corrected chi connectivity index (χ2v) is 6.84. The lowest BCUT2D eigenvalue weighted by Gasteiger charge is -2.36. The first-order valence-electron chi connectivity index (χ1n) is 8.96. The van der Waals surface area contributed by atoms with Crippen molar-refractivity contribution < 1.29 is 23.5 Å². The Morgan fingerprint density at radius 2 is 1.77 bits per heavy atom. The van der Waals surface area contributed by atoms with E-state index in [2.05, 4.69) is 0 Å². The maximum absolute atomic E-state index is 13.6. The van der Waals surface area contributed by atoms with Crippen molar-refractivity contribution in [2.45, 2.75) is 5.92 Å². The van der Waals surface area contributed by atoms with E-state index < -0.39 is 23.7 Å². The first-order valence-corrected chi connectivity index (χ1v) is 9.34. The summed E-state index contributed by atoms with van der Waals surface area (Å²) in [6, 6.07) is 14.0. The molecule has 31 heavy (non-hydrogen) atoms. The zero-order valence-corrected chi connectivity index (χ0v) is 17.3.